The van der Waals surface area contributed by atoms with Crippen LogP contribution in [0.3, 0.4) is 0 Å². The van der Waals surface area contributed by atoms with Gasteiger partial charge in [0.25, 0.3) is 0 Å². The summed E-state index contributed by atoms with van der Waals surface area (Å²) in [6, 6.07) is 11.6. The number of likely N-dealkylation sites (tertiary alicyclic amines) is 1. The van der Waals surface area contributed by atoms with Gasteiger partial charge in [0.05, 0.1) is 12.7 Å². The minimum atomic E-state index is -0.986. The van der Waals surface area contributed by atoms with Gasteiger partial charge in [0, 0.05) is 42.7 Å². The van der Waals surface area contributed by atoms with Crippen molar-refractivity contribution in [1.29, 1.82) is 0 Å². The number of hydrogen-bond acceptors (Lipinski definition) is 5. The number of aliphatic hydroxyl groups is 1. The lowest BCUT2D eigenvalue weighted by atomic mass is 9.48. The van der Waals surface area contributed by atoms with Gasteiger partial charge in [-0.1, -0.05) is 42.0 Å². The number of hydrogen-bond donors (Lipinski definition) is 2. The van der Waals surface area contributed by atoms with Gasteiger partial charge in [-0.15, -0.1) is 6.58 Å². The molecule has 6 nitrogen and oxygen atoms in total. The van der Waals surface area contributed by atoms with E-state index in [0.29, 0.717) is 31.4 Å². The Morgan fingerprint density at radius 2 is 2.11 bits per heavy atom. The number of rotatable bonds is 6. The van der Waals surface area contributed by atoms with E-state index in [-0.39, 0.29) is 23.7 Å². The fourth-order valence-electron chi connectivity index (χ4n) is 7.32. The number of phenolic OH excluding ortho intramolecular Hbond substituents is 1. The monoisotopic (exact) mass is 502 g/mol. The molecule has 0 aromatic heterocycles. The Hall–Kier alpha value is -3.09. The van der Waals surface area contributed by atoms with E-state index in [1.165, 1.54) is 0 Å². The quantitative estimate of drug-likeness (QED) is 0.457. The molecule has 4 atom stereocenters. The molecule has 37 heavy (non-hydrogen) atoms. The second-order valence-electron chi connectivity index (χ2n) is 11.0. The molecule has 1 saturated heterocycles. The third-order valence-electron chi connectivity index (χ3n) is 9.13. The molecule has 5 rings (SSSR count). The molecule has 2 fully saturated rings. The smallest absolute Gasteiger partial charge is 0.246 e. The number of aryl methyl sites for hydroxylation is 1. The van der Waals surface area contributed by atoms with E-state index < -0.39 is 11.0 Å². The zero-order chi connectivity index (χ0) is 26.4. The number of phenols is 1. The molecule has 1 aliphatic heterocycles. The highest BCUT2D eigenvalue weighted by atomic mass is 16.5. The van der Waals surface area contributed by atoms with Crippen molar-refractivity contribution in [2.24, 2.45) is 0 Å². The number of carbonyl (C=O) groups is 1. The fraction of sp³-hybridized carbons (Fsp3) is 0.452. The number of amides is 1. The molecule has 3 aliphatic rings. The molecule has 1 heterocycles. The molecule has 1 amide bonds. The standard InChI is InChI=1S/C31H38N2O4/c1-5-16-33-17-15-30-20-24(32(3)27(35)12-9-22-8-6-7-21(2)18-22)13-14-31(30,36)26(33)19-23-10-11-25(34)29(37-4)28(23)30/h5-12,18,24,26,34,36H,1,13-17,19-20H2,2-4H3/b12-9+/t24?,26-,30-,31-/m1/s1. The molecule has 2 bridgehead atoms. The fourth-order valence-corrected chi connectivity index (χ4v) is 7.32. The van der Waals surface area contributed by atoms with Gasteiger partial charge in [0.15, 0.2) is 11.5 Å². The van der Waals surface area contributed by atoms with Crippen LogP contribution in [-0.4, -0.2) is 70.9 Å². The normalized spacial score (nSPS) is 28.9. The zero-order valence-corrected chi connectivity index (χ0v) is 22.1. The average molecular weight is 503 g/mol. The van der Waals surface area contributed by atoms with Gasteiger partial charge in [0.2, 0.25) is 5.91 Å². The van der Waals surface area contributed by atoms with Gasteiger partial charge in [-0.25, -0.2) is 0 Å². The second-order valence-corrected chi connectivity index (χ2v) is 11.0. The molecular weight excluding hydrogens is 464 g/mol. The lowest BCUT2D eigenvalue weighted by Gasteiger charge is -2.65. The van der Waals surface area contributed by atoms with E-state index in [0.717, 1.165) is 41.8 Å². The molecule has 2 aromatic rings. The van der Waals surface area contributed by atoms with Crippen LogP contribution in [-0.2, 0) is 16.6 Å². The molecule has 2 N–H and O–H groups in total. The number of fused-ring (bicyclic) bond motifs is 1. The van der Waals surface area contributed by atoms with Gasteiger partial charge in [-0.05, 0) is 68.8 Å². The first-order valence-electron chi connectivity index (χ1n) is 13.2. The van der Waals surface area contributed by atoms with Crippen LogP contribution in [0, 0.1) is 6.92 Å². The molecule has 2 aliphatic carbocycles. The summed E-state index contributed by atoms with van der Waals surface area (Å²) in [7, 11) is 3.44. The van der Waals surface area contributed by atoms with Crippen LogP contribution in [0.1, 0.15) is 47.9 Å². The number of nitrogens with zero attached hydrogens (tertiary/aromatic N) is 2. The van der Waals surface area contributed by atoms with Crippen LogP contribution in [0.5, 0.6) is 11.5 Å². The highest BCUT2D eigenvalue weighted by Crippen LogP contribution is 2.61. The Bertz CT molecular complexity index is 1240. The molecule has 1 saturated carbocycles. The summed E-state index contributed by atoms with van der Waals surface area (Å²) in [5, 5.41) is 23.2. The van der Waals surface area contributed by atoms with Crippen molar-refractivity contribution in [1.82, 2.24) is 9.80 Å². The van der Waals surface area contributed by atoms with E-state index in [1.807, 2.05) is 55.3 Å². The molecule has 196 valence electrons. The minimum absolute atomic E-state index is 0.0421. The minimum Gasteiger partial charge on any atom is -0.504 e. The summed E-state index contributed by atoms with van der Waals surface area (Å²) >= 11 is 0. The summed E-state index contributed by atoms with van der Waals surface area (Å²) < 4.78 is 5.76. The number of carbonyl (C=O) groups excluding carboxylic acids is 1. The number of likely N-dealkylation sites (N-methyl/N-ethyl adjacent to an activating group) is 1. The lowest BCUT2D eigenvalue weighted by molar-refractivity contribution is -0.175. The van der Waals surface area contributed by atoms with Gasteiger partial charge in [0.1, 0.15) is 0 Å². The van der Waals surface area contributed by atoms with Gasteiger partial charge in [-0.3, -0.25) is 9.69 Å². The third kappa shape index (κ3) is 4.07. The van der Waals surface area contributed by atoms with Crippen LogP contribution < -0.4 is 4.74 Å². The highest BCUT2D eigenvalue weighted by Gasteiger charge is 2.65. The first-order chi connectivity index (χ1) is 17.7. The molecule has 2 aromatic carbocycles. The molecule has 6 heteroatoms. The summed E-state index contributed by atoms with van der Waals surface area (Å²) in [5.74, 6) is 0.506. The summed E-state index contributed by atoms with van der Waals surface area (Å²) in [6.07, 6.45) is 8.74. The van der Waals surface area contributed by atoms with Gasteiger partial charge in [-0.2, -0.15) is 0 Å². The predicted molar refractivity (Wildman–Crippen MR) is 146 cm³/mol. The van der Waals surface area contributed by atoms with E-state index in [1.54, 1.807) is 19.3 Å². The van der Waals surface area contributed by atoms with E-state index in [2.05, 4.69) is 17.5 Å². The average Bonchev–Trinajstić information content (AvgIpc) is 2.88. The van der Waals surface area contributed by atoms with E-state index >= 15 is 0 Å². The summed E-state index contributed by atoms with van der Waals surface area (Å²) in [6.45, 7) is 7.51. The second kappa shape index (κ2) is 9.66. The maximum absolute atomic E-state index is 13.3. The summed E-state index contributed by atoms with van der Waals surface area (Å²) in [4.78, 5) is 17.4. The third-order valence-corrected chi connectivity index (χ3v) is 9.13. The van der Waals surface area contributed by atoms with Crippen LogP contribution in [0.2, 0.25) is 0 Å². The van der Waals surface area contributed by atoms with Crippen molar-refractivity contribution >= 4 is 12.0 Å². The first kappa shape index (κ1) is 25.6. The summed E-state index contributed by atoms with van der Waals surface area (Å²) in [5.41, 5.74) is 2.57. The van der Waals surface area contributed by atoms with Crippen molar-refractivity contribution < 1.29 is 19.7 Å². The van der Waals surface area contributed by atoms with E-state index in [9.17, 15) is 15.0 Å². The highest BCUT2D eigenvalue weighted by molar-refractivity contribution is 5.91. The Balaban J connectivity index is 1.51. The number of methoxy groups -OCH3 is 1. The van der Waals surface area contributed by atoms with Crippen molar-refractivity contribution in [3.8, 4) is 11.5 Å². The van der Waals surface area contributed by atoms with Crippen LogP contribution in [0.25, 0.3) is 6.08 Å². The molecular formula is C31H38N2O4. The van der Waals surface area contributed by atoms with E-state index in [4.69, 9.17) is 4.74 Å². The molecule has 0 spiro atoms. The van der Waals surface area contributed by atoms with Crippen LogP contribution >= 0.6 is 0 Å². The number of benzene rings is 2. The zero-order valence-electron chi connectivity index (χ0n) is 22.1. The lowest BCUT2D eigenvalue weighted by Crippen LogP contribution is -2.74. The van der Waals surface area contributed by atoms with Crippen molar-refractivity contribution in [2.45, 2.75) is 62.1 Å². The van der Waals surface area contributed by atoms with Crippen molar-refractivity contribution in [3.63, 3.8) is 0 Å². The number of aromatic hydroxyl groups is 1. The van der Waals surface area contributed by atoms with Crippen molar-refractivity contribution in [3.05, 3.63) is 77.4 Å². The molecule has 1 unspecified atom stereocenters. The Morgan fingerprint density at radius 1 is 1.30 bits per heavy atom. The maximum Gasteiger partial charge on any atom is 0.246 e. The predicted octanol–water partition coefficient (Wildman–Crippen LogP) is 4.22. The maximum atomic E-state index is 13.3. The van der Waals surface area contributed by atoms with Gasteiger partial charge < -0.3 is 19.8 Å². The van der Waals surface area contributed by atoms with Crippen molar-refractivity contribution in [2.75, 3.05) is 27.2 Å². The van der Waals surface area contributed by atoms with Crippen LogP contribution in [0.4, 0.5) is 0 Å². The Kier molecular flexibility index (Phi) is 6.67. The topological polar surface area (TPSA) is 73.2 Å². The number of piperidine rings is 1. The number of ether oxygens (including phenoxy) is 1. The SMILES string of the molecule is C=CCN1CC[C@]23CC(N(C)C(=O)/C=C/c4cccc(C)c4)CC[C@@]2(O)[C@H]1Cc1ccc(O)c(OC)c13. The Morgan fingerprint density at radius 3 is 2.84 bits per heavy atom. The molecule has 0 radical (unpaired) electrons. The van der Waals surface area contributed by atoms with Gasteiger partial charge >= 0.3 is 0 Å². The Labute approximate surface area is 219 Å². The van der Waals surface area contributed by atoms with Crippen LogP contribution in [0.15, 0.2) is 55.1 Å². The largest absolute Gasteiger partial charge is 0.504 e. The first-order valence-corrected chi connectivity index (χ1v) is 13.2.